The Hall–Kier alpha value is -1.97. The maximum Gasteiger partial charge on any atom is 0.237 e. The molecule has 4 heteroatoms. The molecule has 1 amide bonds. The predicted octanol–water partition coefficient (Wildman–Crippen LogP) is 2.71. The molecule has 1 heterocycles. The lowest BCUT2D eigenvalue weighted by Gasteiger charge is -2.26. The summed E-state index contributed by atoms with van der Waals surface area (Å²) in [6, 6.07) is 5.92. The van der Waals surface area contributed by atoms with E-state index in [-0.39, 0.29) is 17.5 Å². The van der Waals surface area contributed by atoms with Gasteiger partial charge in [-0.3, -0.25) is 9.59 Å². The van der Waals surface area contributed by atoms with E-state index in [1.807, 2.05) is 0 Å². The lowest BCUT2D eigenvalue weighted by molar-refractivity contribution is -0.139. The minimum atomic E-state index is -0.678. The van der Waals surface area contributed by atoms with Crippen LogP contribution < -0.4 is 0 Å². The molecule has 1 aliphatic heterocycles. The van der Waals surface area contributed by atoms with Crippen molar-refractivity contribution in [1.29, 1.82) is 0 Å². The topological polar surface area (TPSA) is 37.4 Å². The van der Waals surface area contributed by atoms with Gasteiger partial charge in [0.25, 0.3) is 0 Å². The van der Waals surface area contributed by atoms with E-state index < -0.39 is 5.92 Å². The lowest BCUT2D eigenvalue weighted by atomic mass is 9.91. The number of halogens is 1. The first kappa shape index (κ1) is 14.4. The van der Waals surface area contributed by atoms with E-state index >= 15 is 0 Å². The summed E-state index contributed by atoms with van der Waals surface area (Å²) in [6.45, 7) is 2.69. The molecule has 1 unspecified atom stereocenters. The van der Waals surface area contributed by atoms with E-state index in [4.69, 9.17) is 0 Å². The number of amides is 1. The number of hydrogen-bond donors (Lipinski definition) is 0. The fourth-order valence-electron chi connectivity index (χ4n) is 2.23. The first-order chi connectivity index (χ1) is 9.61. The molecule has 2 rings (SSSR count). The van der Waals surface area contributed by atoms with Gasteiger partial charge in [0, 0.05) is 12.7 Å². The summed E-state index contributed by atoms with van der Waals surface area (Å²) in [5.74, 6) is -1.33. The molecular formula is C16H18FNO2. The first-order valence-corrected chi connectivity index (χ1v) is 6.88. The Balaban J connectivity index is 2.09. The van der Waals surface area contributed by atoms with Crippen molar-refractivity contribution in [3.8, 4) is 0 Å². The van der Waals surface area contributed by atoms with Crippen LogP contribution in [0.2, 0.25) is 0 Å². The zero-order valence-corrected chi connectivity index (χ0v) is 11.5. The van der Waals surface area contributed by atoms with Crippen molar-refractivity contribution < 1.29 is 14.0 Å². The van der Waals surface area contributed by atoms with Crippen LogP contribution in [0.4, 0.5) is 4.39 Å². The van der Waals surface area contributed by atoms with Crippen molar-refractivity contribution in [2.45, 2.75) is 26.2 Å². The molecule has 0 saturated carbocycles. The largest absolute Gasteiger partial charge is 0.318 e. The second kappa shape index (κ2) is 6.46. The summed E-state index contributed by atoms with van der Waals surface area (Å²) in [5.41, 5.74) is 0.795. The number of nitrogens with zero attached hydrogens (tertiary/aromatic N) is 1. The Morgan fingerprint density at radius 1 is 1.20 bits per heavy atom. The molecule has 0 fully saturated rings. The van der Waals surface area contributed by atoms with Gasteiger partial charge < -0.3 is 4.90 Å². The molecule has 0 spiro atoms. The van der Waals surface area contributed by atoms with E-state index in [2.05, 4.69) is 6.92 Å². The van der Waals surface area contributed by atoms with Crippen molar-refractivity contribution in [2.75, 3.05) is 6.54 Å². The molecule has 0 radical (unpaired) electrons. The van der Waals surface area contributed by atoms with Crippen molar-refractivity contribution in [1.82, 2.24) is 4.90 Å². The van der Waals surface area contributed by atoms with Gasteiger partial charge in [-0.2, -0.15) is 0 Å². The van der Waals surface area contributed by atoms with Gasteiger partial charge in [0.2, 0.25) is 5.91 Å². The van der Waals surface area contributed by atoms with Gasteiger partial charge in [-0.25, -0.2) is 4.39 Å². The molecule has 0 bridgehead atoms. The maximum atomic E-state index is 12.9. The molecule has 20 heavy (non-hydrogen) atoms. The molecule has 106 valence electrons. The Morgan fingerprint density at radius 3 is 2.55 bits per heavy atom. The van der Waals surface area contributed by atoms with Gasteiger partial charge in [0.1, 0.15) is 11.7 Å². The van der Waals surface area contributed by atoms with E-state index in [1.165, 1.54) is 18.2 Å². The second-order valence-electron chi connectivity index (χ2n) is 4.99. The van der Waals surface area contributed by atoms with E-state index in [0.717, 1.165) is 18.4 Å². The monoisotopic (exact) mass is 275 g/mol. The summed E-state index contributed by atoms with van der Waals surface area (Å²) in [6.07, 6.45) is 5.26. The van der Waals surface area contributed by atoms with Gasteiger partial charge in [0.05, 0.1) is 0 Å². The second-order valence-corrected chi connectivity index (χ2v) is 4.99. The Kier molecular flexibility index (Phi) is 4.66. The number of rotatable bonds is 5. The van der Waals surface area contributed by atoms with Crippen LogP contribution in [0.25, 0.3) is 0 Å². The molecule has 0 N–H and O–H groups in total. The number of benzene rings is 1. The number of allylic oxidation sites excluding steroid dienone is 1. The standard InChI is InChI=1S/C16H18FNO2/c1-2-3-9-18-10-8-15(19)14(16(18)20)11-12-4-6-13(17)7-5-12/h4-8,10,14H,2-3,9,11H2,1H3. The summed E-state index contributed by atoms with van der Waals surface area (Å²) >= 11 is 0. The van der Waals surface area contributed by atoms with E-state index in [0.29, 0.717) is 13.0 Å². The zero-order valence-electron chi connectivity index (χ0n) is 11.5. The average Bonchev–Trinajstić information content (AvgIpc) is 2.45. The molecule has 1 aromatic carbocycles. The van der Waals surface area contributed by atoms with E-state index in [9.17, 15) is 14.0 Å². The van der Waals surface area contributed by atoms with Crippen molar-refractivity contribution in [3.63, 3.8) is 0 Å². The number of carbonyl (C=O) groups is 2. The molecule has 3 nitrogen and oxygen atoms in total. The SMILES string of the molecule is CCCCN1C=CC(=O)C(Cc2ccc(F)cc2)C1=O. The summed E-state index contributed by atoms with van der Waals surface area (Å²) < 4.78 is 12.9. The van der Waals surface area contributed by atoms with Gasteiger partial charge in [-0.15, -0.1) is 0 Å². The lowest BCUT2D eigenvalue weighted by Crippen LogP contribution is -2.40. The average molecular weight is 275 g/mol. The van der Waals surface area contributed by atoms with Crippen molar-refractivity contribution >= 4 is 11.7 Å². The fraction of sp³-hybridized carbons (Fsp3) is 0.375. The minimum absolute atomic E-state index is 0.157. The van der Waals surface area contributed by atoms with Crippen LogP contribution in [0.1, 0.15) is 25.3 Å². The number of ketones is 1. The summed E-state index contributed by atoms with van der Waals surface area (Å²) in [7, 11) is 0. The molecule has 1 atom stereocenters. The Labute approximate surface area is 118 Å². The molecule has 0 saturated heterocycles. The normalized spacial score (nSPS) is 18.7. The summed E-state index contributed by atoms with van der Waals surface area (Å²) in [5, 5.41) is 0. The Bertz CT molecular complexity index is 522. The maximum absolute atomic E-state index is 12.9. The van der Waals surface area contributed by atoms with Gasteiger partial charge in [-0.1, -0.05) is 25.5 Å². The Morgan fingerprint density at radius 2 is 1.90 bits per heavy atom. The molecule has 1 aromatic rings. The third-order valence-electron chi connectivity index (χ3n) is 3.45. The van der Waals surface area contributed by atoms with Gasteiger partial charge in [0.15, 0.2) is 5.78 Å². The highest BCUT2D eigenvalue weighted by Gasteiger charge is 2.31. The van der Waals surface area contributed by atoms with Gasteiger partial charge in [-0.05, 0) is 36.6 Å². The third-order valence-corrected chi connectivity index (χ3v) is 3.45. The quantitative estimate of drug-likeness (QED) is 0.775. The van der Waals surface area contributed by atoms with Crippen LogP contribution in [0.5, 0.6) is 0 Å². The van der Waals surface area contributed by atoms with E-state index in [1.54, 1.807) is 23.2 Å². The van der Waals surface area contributed by atoms with Crippen LogP contribution in [-0.4, -0.2) is 23.1 Å². The molecule has 1 aliphatic rings. The molecule has 0 aliphatic carbocycles. The molecular weight excluding hydrogens is 257 g/mol. The van der Waals surface area contributed by atoms with Crippen LogP contribution in [0, 0.1) is 11.7 Å². The number of carbonyl (C=O) groups excluding carboxylic acids is 2. The predicted molar refractivity (Wildman–Crippen MR) is 74.4 cm³/mol. The van der Waals surface area contributed by atoms with Crippen molar-refractivity contribution in [2.24, 2.45) is 5.92 Å². The highest BCUT2D eigenvalue weighted by Crippen LogP contribution is 2.19. The first-order valence-electron chi connectivity index (χ1n) is 6.88. The van der Waals surface area contributed by atoms with Crippen LogP contribution >= 0.6 is 0 Å². The number of unbranched alkanes of at least 4 members (excludes halogenated alkanes) is 1. The van der Waals surface area contributed by atoms with Crippen LogP contribution in [-0.2, 0) is 16.0 Å². The highest BCUT2D eigenvalue weighted by atomic mass is 19.1. The fourth-order valence-corrected chi connectivity index (χ4v) is 2.23. The van der Waals surface area contributed by atoms with Crippen LogP contribution in [0.15, 0.2) is 36.5 Å². The van der Waals surface area contributed by atoms with Gasteiger partial charge >= 0.3 is 0 Å². The van der Waals surface area contributed by atoms with Crippen molar-refractivity contribution in [3.05, 3.63) is 47.9 Å². The molecule has 0 aromatic heterocycles. The number of hydrogen-bond acceptors (Lipinski definition) is 2. The highest BCUT2D eigenvalue weighted by molar-refractivity contribution is 6.09. The van der Waals surface area contributed by atoms with Crippen LogP contribution in [0.3, 0.4) is 0 Å². The zero-order chi connectivity index (χ0) is 14.5. The smallest absolute Gasteiger partial charge is 0.237 e. The third kappa shape index (κ3) is 3.32. The summed E-state index contributed by atoms with van der Waals surface area (Å²) in [4.78, 5) is 25.8. The minimum Gasteiger partial charge on any atom is -0.318 e.